The fourth-order valence-corrected chi connectivity index (χ4v) is 2.75. The molecule has 21 heavy (non-hydrogen) atoms. The highest BCUT2D eigenvalue weighted by Crippen LogP contribution is 2.19. The van der Waals surface area contributed by atoms with Gasteiger partial charge < -0.3 is 9.88 Å². The average Bonchev–Trinajstić information content (AvgIpc) is 2.92. The Kier molecular flexibility index (Phi) is 5.63. The standard InChI is InChI=1S/C19H28N2/c1-5-10-20-19(6-2)17-9-11-21(13-17)14-18-12-15(3)7-8-16(18)4/h7-9,11-13,19-20H,5-6,10,14H2,1-4H3. The first kappa shape index (κ1) is 15.8. The van der Waals surface area contributed by atoms with Crippen LogP contribution in [0.2, 0.25) is 0 Å². The summed E-state index contributed by atoms with van der Waals surface area (Å²) in [6.07, 6.45) is 6.80. The summed E-state index contributed by atoms with van der Waals surface area (Å²) < 4.78 is 2.30. The molecular weight excluding hydrogens is 256 g/mol. The van der Waals surface area contributed by atoms with E-state index in [0.29, 0.717) is 6.04 Å². The van der Waals surface area contributed by atoms with E-state index in [0.717, 1.165) is 19.5 Å². The van der Waals surface area contributed by atoms with E-state index in [1.807, 2.05) is 0 Å². The molecule has 1 N–H and O–H groups in total. The highest BCUT2D eigenvalue weighted by atomic mass is 15.0. The van der Waals surface area contributed by atoms with Gasteiger partial charge in [-0.05, 0) is 56.0 Å². The zero-order valence-corrected chi connectivity index (χ0v) is 13.8. The Morgan fingerprint density at radius 1 is 1.14 bits per heavy atom. The first-order valence-corrected chi connectivity index (χ1v) is 8.09. The van der Waals surface area contributed by atoms with Gasteiger partial charge in [0.1, 0.15) is 0 Å². The van der Waals surface area contributed by atoms with Gasteiger partial charge in [-0.2, -0.15) is 0 Å². The minimum atomic E-state index is 0.477. The number of aryl methyl sites for hydroxylation is 2. The molecule has 2 nitrogen and oxygen atoms in total. The number of aromatic nitrogens is 1. The topological polar surface area (TPSA) is 17.0 Å². The van der Waals surface area contributed by atoms with Crippen LogP contribution in [0.15, 0.2) is 36.7 Å². The molecule has 0 radical (unpaired) electrons. The van der Waals surface area contributed by atoms with Crippen molar-refractivity contribution >= 4 is 0 Å². The Morgan fingerprint density at radius 3 is 2.67 bits per heavy atom. The smallest absolute Gasteiger partial charge is 0.0473 e. The quantitative estimate of drug-likeness (QED) is 0.786. The number of hydrogen-bond acceptors (Lipinski definition) is 1. The van der Waals surface area contributed by atoms with Crippen molar-refractivity contribution in [2.24, 2.45) is 0 Å². The minimum Gasteiger partial charge on any atom is -0.350 e. The molecule has 0 saturated heterocycles. The predicted molar refractivity (Wildman–Crippen MR) is 90.8 cm³/mol. The van der Waals surface area contributed by atoms with E-state index < -0.39 is 0 Å². The van der Waals surface area contributed by atoms with Crippen molar-refractivity contribution in [2.75, 3.05) is 6.54 Å². The summed E-state index contributed by atoms with van der Waals surface area (Å²) in [7, 11) is 0. The maximum Gasteiger partial charge on any atom is 0.0473 e. The van der Waals surface area contributed by atoms with E-state index in [2.05, 4.69) is 74.2 Å². The van der Waals surface area contributed by atoms with Gasteiger partial charge in [0.15, 0.2) is 0 Å². The number of benzene rings is 1. The van der Waals surface area contributed by atoms with E-state index in [1.165, 1.54) is 28.7 Å². The summed E-state index contributed by atoms with van der Waals surface area (Å²) >= 11 is 0. The highest BCUT2D eigenvalue weighted by molar-refractivity contribution is 5.31. The van der Waals surface area contributed by atoms with Gasteiger partial charge in [-0.1, -0.05) is 37.6 Å². The summed E-state index contributed by atoms with van der Waals surface area (Å²) in [5.41, 5.74) is 5.51. The van der Waals surface area contributed by atoms with Crippen LogP contribution < -0.4 is 5.32 Å². The van der Waals surface area contributed by atoms with Crippen LogP contribution in [0.4, 0.5) is 0 Å². The van der Waals surface area contributed by atoms with Crippen molar-refractivity contribution in [2.45, 2.75) is 53.1 Å². The fourth-order valence-electron chi connectivity index (χ4n) is 2.75. The van der Waals surface area contributed by atoms with Crippen LogP contribution in [-0.4, -0.2) is 11.1 Å². The van der Waals surface area contributed by atoms with E-state index >= 15 is 0 Å². The normalized spacial score (nSPS) is 12.6. The van der Waals surface area contributed by atoms with Crippen molar-refractivity contribution in [1.82, 2.24) is 9.88 Å². The summed E-state index contributed by atoms with van der Waals surface area (Å²) in [6, 6.07) is 9.42. The second-order valence-electron chi connectivity index (χ2n) is 5.96. The van der Waals surface area contributed by atoms with Gasteiger partial charge >= 0.3 is 0 Å². The van der Waals surface area contributed by atoms with Crippen LogP contribution in [0, 0.1) is 13.8 Å². The van der Waals surface area contributed by atoms with Gasteiger partial charge in [0.05, 0.1) is 0 Å². The molecule has 2 rings (SSSR count). The van der Waals surface area contributed by atoms with Crippen LogP contribution >= 0.6 is 0 Å². The Morgan fingerprint density at radius 2 is 1.95 bits per heavy atom. The first-order chi connectivity index (χ1) is 10.1. The SMILES string of the molecule is CCCNC(CC)c1ccn(Cc2cc(C)ccc2C)c1. The molecule has 1 heterocycles. The average molecular weight is 284 g/mol. The van der Waals surface area contributed by atoms with Gasteiger partial charge in [-0.25, -0.2) is 0 Å². The molecule has 2 heteroatoms. The minimum absolute atomic E-state index is 0.477. The van der Waals surface area contributed by atoms with Crippen molar-refractivity contribution in [3.8, 4) is 0 Å². The lowest BCUT2D eigenvalue weighted by atomic mass is 10.1. The van der Waals surface area contributed by atoms with E-state index in [4.69, 9.17) is 0 Å². The number of hydrogen-bond donors (Lipinski definition) is 1. The molecule has 0 spiro atoms. The monoisotopic (exact) mass is 284 g/mol. The number of nitrogens with one attached hydrogen (secondary N) is 1. The van der Waals surface area contributed by atoms with Crippen molar-refractivity contribution in [3.63, 3.8) is 0 Å². The van der Waals surface area contributed by atoms with Gasteiger partial charge in [-0.15, -0.1) is 0 Å². The Balaban J connectivity index is 2.10. The lowest BCUT2D eigenvalue weighted by molar-refractivity contribution is 0.517. The number of rotatable bonds is 7. The van der Waals surface area contributed by atoms with Crippen LogP contribution in [0.25, 0.3) is 0 Å². The zero-order chi connectivity index (χ0) is 15.2. The van der Waals surface area contributed by atoms with Crippen molar-refractivity contribution < 1.29 is 0 Å². The third-order valence-corrected chi connectivity index (χ3v) is 4.08. The molecule has 2 aromatic rings. The molecular formula is C19H28N2. The highest BCUT2D eigenvalue weighted by Gasteiger charge is 2.10. The molecule has 0 saturated carbocycles. The second kappa shape index (κ2) is 7.46. The number of nitrogens with zero attached hydrogens (tertiary/aromatic N) is 1. The fraction of sp³-hybridized carbons (Fsp3) is 0.474. The summed E-state index contributed by atoms with van der Waals surface area (Å²) in [5, 5.41) is 3.62. The molecule has 114 valence electrons. The van der Waals surface area contributed by atoms with E-state index in [9.17, 15) is 0 Å². The molecule has 0 aliphatic heterocycles. The van der Waals surface area contributed by atoms with Gasteiger partial charge in [0.25, 0.3) is 0 Å². The molecule has 0 aliphatic rings. The Bertz CT molecular complexity index is 569. The lowest BCUT2D eigenvalue weighted by Crippen LogP contribution is -2.21. The van der Waals surface area contributed by atoms with Crippen LogP contribution in [0.5, 0.6) is 0 Å². The molecule has 0 amide bonds. The van der Waals surface area contributed by atoms with Crippen LogP contribution in [0.1, 0.15) is 55.0 Å². The molecule has 0 bridgehead atoms. The first-order valence-electron chi connectivity index (χ1n) is 8.09. The van der Waals surface area contributed by atoms with Crippen molar-refractivity contribution in [3.05, 3.63) is 58.9 Å². The molecule has 0 aliphatic carbocycles. The summed E-state index contributed by atoms with van der Waals surface area (Å²) in [5.74, 6) is 0. The van der Waals surface area contributed by atoms with Gasteiger partial charge in [0, 0.05) is 25.0 Å². The largest absolute Gasteiger partial charge is 0.350 e. The second-order valence-corrected chi connectivity index (χ2v) is 5.96. The maximum atomic E-state index is 3.62. The Hall–Kier alpha value is -1.54. The summed E-state index contributed by atoms with van der Waals surface area (Å²) in [4.78, 5) is 0. The molecule has 1 unspecified atom stereocenters. The van der Waals surface area contributed by atoms with Crippen molar-refractivity contribution in [1.29, 1.82) is 0 Å². The zero-order valence-electron chi connectivity index (χ0n) is 13.8. The van der Waals surface area contributed by atoms with Gasteiger partial charge in [-0.3, -0.25) is 0 Å². The third-order valence-electron chi connectivity index (χ3n) is 4.08. The van der Waals surface area contributed by atoms with Gasteiger partial charge in [0.2, 0.25) is 0 Å². The van der Waals surface area contributed by atoms with Crippen LogP contribution in [-0.2, 0) is 6.54 Å². The Labute approximate surface area is 129 Å². The molecule has 1 atom stereocenters. The predicted octanol–water partition coefficient (Wildman–Crippen LogP) is 4.60. The maximum absolute atomic E-state index is 3.62. The van der Waals surface area contributed by atoms with Crippen LogP contribution in [0.3, 0.4) is 0 Å². The van der Waals surface area contributed by atoms with E-state index in [1.54, 1.807) is 0 Å². The van der Waals surface area contributed by atoms with E-state index in [-0.39, 0.29) is 0 Å². The molecule has 1 aromatic carbocycles. The lowest BCUT2D eigenvalue weighted by Gasteiger charge is -2.15. The molecule has 0 fully saturated rings. The molecule has 1 aromatic heterocycles. The third kappa shape index (κ3) is 4.21. The summed E-state index contributed by atoms with van der Waals surface area (Å²) in [6.45, 7) is 10.8.